The number of carboxylic acids is 1. The van der Waals surface area contributed by atoms with Gasteiger partial charge >= 0.3 is 0 Å². The minimum atomic E-state index is -1.05. The Labute approximate surface area is 71.0 Å². The maximum Gasteiger partial charge on any atom is 0.152 e. The Morgan fingerprint density at radius 1 is 1.42 bits per heavy atom. The highest BCUT2D eigenvalue weighted by Crippen LogP contribution is 2.06. The lowest BCUT2D eigenvalue weighted by molar-refractivity contribution is -0.664. The number of hydrogen-bond donors (Lipinski definition) is 1. The van der Waals surface area contributed by atoms with E-state index in [0.717, 1.165) is 5.56 Å². The van der Waals surface area contributed by atoms with Crippen LogP contribution in [0.4, 0.5) is 0 Å². The Hall–Kier alpha value is -1.35. The van der Waals surface area contributed by atoms with Gasteiger partial charge in [-0.1, -0.05) is 30.3 Å². The van der Waals surface area contributed by atoms with E-state index in [2.05, 4.69) is 0 Å². The van der Waals surface area contributed by atoms with E-state index in [1.807, 2.05) is 18.2 Å². The molecule has 0 aromatic heterocycles. The quantitative estimate of drug-likeness (QED) is 0.603. The van der Waals surface area contributed by atoms with Gasteiger partial charge in [0, 0.05) is 5.56 Å². The molecule has 0 radical (unpaired) electrons. The normalized spacial score (nSPS) is 12.4. The van der Waals surface area contributed by atoms with Crippen molar-refractivity contribution in [2.45, 2.75) is 6.04 Å². The summed E-state index contributed by atoms with van der Waals surface area (Å²) < 4.78 is 0. The van der Waals surface area contributed by atoms with Gasteiger partial charge in [0.25, 0.3) is 0 Å². The summed E-state index contributed by atoms with van der Waals surface area (Å²) in [4.78, 5) is 10.6. The molecule has 0 saturated heterocycles. The van der Waals surface area contributed by atoms with Crippen LogP contribution in [0.3, 0.4) is 0 Å². The molecule has 0 aliphatic heterocycles. The van der Waals surface area contributed by atoms with Gasteiger partial charge in [-0.2, -0.15) is 0 Å². The van der Waals surface area contributed by atoms with Crippen molar-refractivity contribution in [1.29, 1.82) is 0 Å². The van der Waals surface area contributed by atoms with Crippen molar-refractivity contribution in [2.24, 2.45) is 0 Å². The van der Waals surface area contributed by atoms with Crippen LogP contribution in [0.25, 0.3) is 0 Å². The highest BCUT2D eigenvalue weighted by molar-refractivity contribution is 5.71. The van der Waals surface area contributed by atoms with E-state index < -0.39 is 12.0 Å². The molecule has 0 bridgehead atoms. The molecule has 1 atom stereocenters. The second kappa shape index (κ2) is 3.88. The third-order valence-electron chi connectivity index (χ3n) is 1.75. The number of benzene rings is 1. The molecule has 0 unspecified atom stereocenters. The first-order valence-corrected chi connectivity index (χ1v) is 3.81. The largest absolute Gasteiger partial charge is 0.544 e. The Bertz CT molecular complexity index is 258. The first kappa shape index (κ1) is 8.74. The number of hydrogen-bond acceptors (Lipinski definition) is 2. The van der Waals surface area contributed by atoms with E-state index in [0.29, 0.717) is 0 Å². The van der Waals surface area contributed by atoms with Gasteiger partial charge in [0.05, 0.1) is 7.05 Å². The molecule has 3 heteroatoms. The first-order valence-electron chi connectivity index (χ1n) is 3.81. The molecule has 0 fully saturated rings. The summed E-state index contributed by atoms with van der Waals surface area (Å²) in [7, 11) is 1.72. The monoisotopic (exact) mass is 165 g/mol. The van der Waals surface area contributed by atoms with E-state index in [1.165, 1.54) is 0 Å². The van der Waals surface area contributed by atoms with Crippen molar-refractivity contribution in [3.63, 3.8) is 0 Å². The standard InChI is InChI=1S/C9H11NO2/c1-10-8(9(11)12)7-5-3-2-4-6-7/h2-6,8,10H,1H3,(H,11,12)/t8-/m1/s1. The second-order valence-electron chi connectivity index (χ2n) is 2.54. The van der Waals surface area contributed by atoms with Crippen molar-refractivity contribution in [1.82, 2.24) is 0 Å². The number of aliphatic carboxylic acids is 1. The molecule has 0 aliphatic rings. The molecule has 1 aromatic carbocycles. The van der Waals surface area contributed by atoms with Crippen LogP contribution in [-0.4, -0.2) is 13.0 Å². The molecule has 2 N–H and O–H groups in total. The molecule has 3 nitrogen and oxygen atoms in total. The van der Waals surface area contributed by atoms with E-state index in [-0.39, 0.29) is 0 Å². The number of carbonyl (C=O) groups excluding carboxylic acids is 1. The summed E-state index contributed by atoms with van der Waals surface area (Å²) in [6, 6.07) is 8.45. The average molecular weight is 165 g/mol. The molecule has 0 saturated carbocycles. The number of nitrogens with two attached hydrogens (primary N) is 1. The predicted molar refractivity (Wildman–Crippen MR) is 42.0 cm³/mol. The van der Waals surface area contributed by atoms with Crippen molar-refractivity contribution >= 4 is 5.97 Å². The third kappa shape index (κ3) is 1.83. The van der Waals surface area contributed by atoms with Gasteiger partial charge in [-0.3, -0.25) is 0 Å². The third-order valence-corrected chi connectivity index (χ3v) is 1.75. The van der Waals surface area contributed by atoms with Crippen LogP contribution in [0.15, 0.2) is 30.3 Å². The minimum absolute atomic E-state index is 0.591. The van der Waals surface area contributed by atoms with E-state index in [1.54, 1.807) is 24.5 Å². The summed E-state index contributed by atoms with van der Waals surface area (Å²) in [5.74, 6) is -1.05. The van der Waals surface area contributed by atoms with Crippen LogP contribution < -0.4 is 10.4 Å². The molecule has 64 valence electrons. The van der Waals surface area contributed by atoms with Gasteiger partial charge in [0.1, 0.15) is 5.97 Å². The van der Waals surface area contributed by atoms with Crippen LogP contribution in [-0.2, 0) is 4.79 Å². The van der Waals surface area contributed by atoms with E-state index >= 15 is 0 Å². The number of rotatable bonds is 3. The highest BCUT2D eigenvalue weighted by atomic mass is 16.4. The smallest absolute Gasteiger partial charge is 0.152 e. The molecule has 0 aliphatic carbocycles. The van der Waals surface area contributed by atoms with Crippen molar-refractivity contribution in [2.75, 3.05) is 7.05 Å². The Morgan fingerprint density at radius 3 is 2.42 bits per heavy atom. The number of likely N-dealkylation sites (N-methyl/N-ethyl adjacent to an activating group) is 1. The van der Waals surface area contributed by atoms with Crippen LogP contribution in [0.2, 0.25) is 0 Å². The lowest BCUT2D eigenvalue weighted by Crippen LogP contribution is -2.84. The Kier molecular flexibility index (Phi) is 2.82. The van der Waals surface area contributed by atoms with Crippen molar-refractivity contribution in [3.05, 3.63) is 35.9 Å². The highest BCUT2D eigenvalue weighted by Gasteiger charge is 2.12. The fourth-order valence-electron chi connectivity index (χ4n) is 1.12. The molecule has 1 rings (SSSR count). The average Bonchev–Trinajstić information content (AvgIpc) is 2.07. The SMILES string of the molecule is C[NH2+][C@@H](C(=O)[O-])c1ccccc1. The molecular formula is C9H11NO2. The van der Waals surface area contributed by atoms with Crippen LogP contribution in [0.5, 0.6) is 0 Å². The second-order valence-corrected chi connectivity index (χ2v) is 2.54. The van der Waals surface area contributed by atoms with Gasteiger partial charge in [-0.05, 0) is 0 Å². The Morgan fingerprint density at radius 2 is 2.00 bits per heavy atom. The molecular weight excluding hydrogens is 154 g/mol. The fraction of sp³-hybridized carbons (Fsp3) is 0.222. The molecule has 0 heterocycles. The van der Waals surface area contributed by atoms with Crippen molar-refractivity contribution < 1.29 is 15.2 Å². The van der Waals surface area contributed by atoms with Crippen LogP contribution in [0.1, 0.15) is 11.6 Å². The molecule has 1 aromatic rings. The van der Waals surface area contributed by atoms with Gasteiger partial charge in [-0.25, -0.2) is 0 Å². The lowest BCUT2D eigenvalue weighted by Gasteiger charge is -2.13. The molecule has 12 heavy (non-hydrogen) atoms. The summed E-state index contributed by atoms with van der Waals surface area (Å²) >= 11 is 0. The maximum absolute atomic E-state index is 10.6. The van der Waals surface area contributed by atoms with Gasteiger partial charge < -0.3 is 15.2 Å². The zero-order chi connectivity index (χ0) is 8.97. The summed E-state index contributed by atoms with van der Waals surface area (Å²) in [6.45, 7) is 0. The molecule has 0 amide bonds. The number of carboxylic acid groups (broad SMARTS) is 1. The predicted octanol–water partition coefficient (Wildman–Crippen LogP) is -1.33. The zero-order valence-corrected chi connectivity index (χ0v) is 6.86. The number of quaternary nitrogens is 1. The van der Waals surface area contributed by atoms with E-state index in [4.69, 9.17) is 0 Å². The lowest BCUT2D eigenvalue weighted by atomic mass is 10.1. The fourth-order valence-corrected chi connectivity index (χ4v) is 1.12. The van der Waals surface area contributed by atoms with Gasteiger partial charge in [0.15, 0.2) is 6.04 Å². The zero-order valence-electron chi connectivity index (χ0n) is 6.86. The van der Waals surface area contributed by atoms with Crippen LogP contribution in [0, 0.1) is 0 Å². The number of carbonyl (C=O) groups is 1. The topological polar surface area (TPSA) is 56.7 Å². The summed E-state index contributed by atoms with van der Waals surface area (Å²) in [5.41, 5.74) is 0.764. The summed E-state index contributed by atoms with van der Waals surface area (Å²) in [6.07, 6.45) is 0. The maximum atomic E-state index is 10.6. The van der Waals surface area contributed by atoms with Crippen molar-refractivity contribution in [3.8, 4) is 0 Å². The first-order chi connectivity index (χ1) is 5.75. The van der Waals surface area contributed by atoms with Crippen LogP contribution >= 0.6 is 0 Å². The van der Waals surface area contributed by atoms with Gasteiger partial charge in [0.2, 0.25) is 0 Å². The summed E-state index contributed by atoms with van der Waals surface area (Å²) in [5, 5.41) is 12.2. The Balaban J connectivity index is 2.88. The van der Waals surface area contributed by atoms with E-state index in [9.17, 15) is 9.90 Å². The molecule has 0 spiro atoms. The minimum Gasteiger partial charge on any atom is -0.544 e. The van der Waals surface area contributed by atoms with Gasteiger partial charge in [-0.15, -0.1) is 0 Å².